The van der Waals surface area contributed by atoms with Gasteiger partial charge in [0.25, 0.3) is 0 Å². The van der Waals surface area contributed by atoms with Crippen molar-refractivity contribution >= 4 is 7.69 Å². The summed E-state index contributed by atoms with van der Waals surface area (Å²) in [4.78, 5) is 0. The van der Waals surface area contributed by atoms with Gasteiger partial charge in [-0.05, 0) is 0 Å². The summed E-state index contributed by atoms with van der Waals surface area (Å²) in [6.45, 7) is 6.63. The third kappa shape index (κ3) is 21.7. The Morgan fingerprint density at radius 2 is 0.739 bits per heavy atom. The van der Waals surface area contributed by atoms with Crippen LogP contribution in [0.3, 0.4) is 0 Å². The highest BCUT2D eigenvalue weighted by atomic mass is 16.6. The van der Waals surface area contributed by atoms with Crippen molar-refractivity contribution in [1.29, 1.82) is 0 Å². The monoisotopic (exact) mass is 338 g/mol. The van der Waals surface area contributed by atoms with Crippen LogP contribution in [0.2, 0.25) is 0 Å². The standard InChI is InChI=1S/C14H31BO8/c1-16-3-5-18-7-9-20-11-13-22-15-23-14-12-21-10-8-19-6-4-17-2/h15H,3-14H2,1-2H3. The molecule has 0 radical (unpaired) electrons. The molecule has 0 amide bonds. The van der Waals surface area contributed by atoms with E-state index in [9.17, 15) is 0 Å². The molecule has 0 aliphatic carbocycles. The van der Waals surface area contributed by atoms with Gasteiger partial charge < -0.3 is 37.7 Å². The quantitative estimate of drug-likeness (QED) is 0.220. The van der Waals surface area contributed by atoms with E-state index in [0.29, 0.717) is 79.3 Å². The Morgan fingerprint density at radius 1 is 0.435 bits per heavy atom. The molecule has 0 aliphatic rings. The lowest BCUT2D eigenvalue weighted by Crippen LogP contribution is -2.16. The third-order valence-corrected chi connectivity index (χ3v) is 2.52. The van der Waals surface area contributed by atoms with E-state index in [1.54, 1.807) is 14.2 Å². The van der Waals surface area contributed by atoms with Crippen LogP contribution in [0.15, 0.2) is 0 Å². The van der Waals surface area contributed by atoms with Crippen LogP contribution in [0.4, 0.5) is 0 Å². The van der Waals surface area contributed by atoms with Crippen molar-refractivity contribution in [2.75, 3.05) is 93.5 Å². The van der Waals surface area contributed by atoms with E-state index < -0.39 is 0 Å². The van der Waals surface area contributed by atoms with Crippen molar-refractivity contribution in [1.82, 2.24) is 0 Å². The van der Waals surface area contributed by atoms with Crippen molar-refractivity contribution in [2.45, 2.75) is 0 Å². The van der Waals surface area contributed by atoms with Gasteiger partial charge in [-0.15, -0.1) is 0 Å². The predicted octanol–water partition coefficient (Wildman–Crippen LogP) is -0.355. The Bertz CT molecular complexity index is 191. The van der Waals surface area contributed by atoms with Gasteiger partial charge in [-0.3, -0.25) is 0 Å². The molecule has 0 saturated carbocycles. The maximum atomic E-state index is 5.32. The molecule has 0 spiro atoms. The minimum Gasteiger partial charge on any atom is -0.412 e. The van der Waals surface area contributed by atoms with Crippen molar-refractivity contribution in [3.8, 4) is 0 Å². The van der Waals surface area contributed by atoms with Crippen LogP contribution in [-0.4, -0.2) is 101 Å². The predicted molar refractivity (Wildman–Crippen MR) is 86.1 cm³/mol. The lowest BCUT2D eigenvalue weighted by atomic mass is 10.4. The summed E-state index contributed by atoms with van der Waals surface area (Å²) in [5.74, 6) is 0. The van der Waals surface area contributed by atoms with Gasteiger partial charge in [0, 0.05) is 14.2 Å². The zero-order valence-electron chi connectivity index (χ0n) is 14.5. The minimum absolute atomic E-state index is 0.237. The van der Waals surface area contributed by atoms with Crippen molar-refractivity contribution in [3.05, 3.63) is 0 Å². The molecule has 0 saturated heterocycles. The van der Waals surface area contributed by atoms with Crippen molar-refractivity contribution in [3.63, 3.8) is 0 Å². The number of ether oxygens (including phenoxy) is 6. The Hall–Kier alpha value is -0.255. The second-order valence-corrected chi connectivity index (χ2v) is 4.37. The van der Waals surface area contributed by atoms with Crippen LogP contribution in [0, 0.1) is 0 Å². The first kappa shape index (κ1) is 22.7. The summed E-state index contributed by atoms with van der Waals surface area (Å²) < 4.78 is 41.3. The zero-order valence-corrected chi connectivity index (χ0v) is 14.5. The average molecular weight is 338 g/mol. The molecule has 0 N–H and O–H groups in total. The lowest BCUT2D eigenvalue weighted by molar-refractivity contribution is 0.0117. The van der Waals surface area contributed by atoms with E-state index in [-0.39, 0.29) is 7.69 Å². The van der Waals surface area contributed by atoms with Crippen LogP contribution in [0.5, 0.6) is 0 Å². The van der Waals surface area contributed by atoms with E-state index in [1.165, 1.54) is 0 Å². The molecule has 8 nitrogen and oxygen atoms in total. The Labute approximate surface area is 139 Å². The highest BCUT2D eigenvalue weighted by Crippen LogP contribution is 1.83. The van der Waals surface area contributed by atoms with Gasteiger partial charge in [0.2, 0.25) is 0 Å². The van der Waals surface area contributed by atoms with Crippen LogP contribution in [0.1, 0.15) is 0 Å². The van der Waals surface area contributed by atoms with E-state index in [4.69, 9.17) is 37.7 Å². The van der Waals surface area contributed by atoms with Gasteiger partial charge in [-0.1, -0.05) is 0 Å². The summed E-state index contributed by atoms with van der Waals surface area (Å²) >= 11 is 0. The molecule has 0 fully saturated rings. The second kappa shape index (κ2) is 21.7. The number of rotatable bonds is 20. The largest absolute Gasteiger partial charge is 0.438 e. The van der Waals surface area contributed by atoms with Gasteiger partial charge in [0.1, 0.15) is 0 Å². The molecule has 0 unspecified atom stereocenters. The summed E-state index contributed by atoms with van der Waals surface area (Å²) in [7, 11) is 3.52. The van der Waals surface area contributed by atoms with E-state index in [0.717, 1.165) is 0 Å². The van der Waals surface area contributed by atoms with Crippen molar-refractivity contribution in [2.24, 2.45) is 0 Å². The zero-order chi connectivity index (χ0) is 16.8. The fourth-order valence-corrected chi connectivity index (χ4v) is 1.34. The summed E-state index contributed by atoms with van der Waals surface area (Å²) in [5.41, 5.74) is 0. The second-order valence-electron chi connectivity index (χ2n) is 4.37. The Morgan fingerprint density at radius 3 is 1.09 bits per heavy atom. The first-order chi connectivity index (χ1) is 11.4. The molecular weight excluding hydrogens is 307 g/mol. The molecular formula is C14H31BO8. The normalized spacial score (nSPS) is 11.0. The highest BCUT2D eigenvalue weighted by Gasteiger charge is 1.95. The fourth-order valence-electron chi connectivity index (χ4n) is 1.34. The molecule has 9 heteroatoms. The first-order valence-electron chi connectivity index (χ1n) is 7.86. The Kier molecular flexibility index (Phi) is 21.5. The number of hydrogen-bond acceptors (Lipinski definition) is 8. The van der Waals surface area contributed by atoms with Gasteiger partial charge in [0.05, 0.1) is 79.3 Å². The first-order valence-corrected chi connectivity index (χ1v) is 7.86. The van der Waals surface area contributed by atoms with Crippen LogP contribution >= 0.6 is 0 Å². The van der Waals surface area contributed by atoms with Crippen molar-refractivity contribution < 1.29 is 37.7 Å². The maximum Gasteiger partial charge on any atom is 0.438 e. The molecule has 23 heavy (non-hydrogen) atoms. The van der Waals surface area contributed by atoms with E-state index >= 15 is 0 Å². The van der Waals surface area contributed by atoms with Gasteiger partial charge >= 0.3 is 7.69 Å². The van der Waals surface area contributed by atoms with Gasteiger partial charge in [-0.25, -0.2) is 0 Å². The van der Waals surface area contributed by atoms with Gasteiger partial charge in [-0.2, -0.15) is 0 Å². The molecule has 0 aromatic rings. The highest BCUT2D eigenvalue weighted by molar-refractivity contribution is 6.17. The average Bonchev–Trinajstić information content (AvgIpc) is 2.57. The molecule has 0 aromatic heterocycles. The number of hydrogen-bond donors (Lipinski definition) is 0. The topological polar surface area (TPSA) is 73.8 Å². The molecule has 0 heterocycles. The SMILES string of the molecule is COCCOCCOCCOBOCCOCCOCCOC. The minimum atomic E-state index is 0.237. The van der Waals surface area contributed by atoms with E-state index in [2.05, 4.69) is 0 Å². The Balaban J connectivity index is 2.92. The van der Waals surface area contributed by atoms with Crippen LogP contribution < -0.4 is 0 Å². The smallest absolute Gasteiger partial charge is 0.412 e. The maximum absolute atomic E-state index is 5.32. The summed E-state index contributed by atoms with van der Waals surface area (Å²) in [6, 6.07) is 0. The third-order valence-electron chi connectivity index (χ3n) is 2.52. The molecule has 0 aromatic carbocycles. The van der Waals surface area contributed by atoms with Gasteiger partial charge in [0.15, 0.2) is 0 Å². The lowest BCUT2D eigenvalue weighted by Gasteiger charge is -2.07. The number of methoxy groups -OCH3 is 2. The fraction of sp³-hybridized carbons (Fsp3) is 1.00. The molecule has 0 bridgehead atoms. The summed E-state index contributed by atoms with van der Waals surface area (Å²) in [6.07, 6.45) is 0. The molecule has 138 valence electrons. The van der Waals surface area contributed by atoms with Crippen LogP contribution in [-0.2, 0) is 37.7 Å². The molecule has 0 aliphatic heterocycles. The van der Waals surface area contributed by atoms with E-state index in [1.807, 2.05) is 0 Å². The molecule has 0 rings (SSSR count). The van der Waals surface area contributed by atoms with Crippen LogP contribution in [0.25, 0.3) is 0 Å². The summed E-state index contributed by atoms with van der Waals surface area (Å²) in [5, 5.41) is 0. The molecule has 0 atom stereocenters.